The highest BCUT2D eigenvalue weighted by Gasteiger charge is 1.86. The van der Waals surface area contributed by atoms with Crippen LogP contribution in [0, 0.1) is 0 Å². The first kappa shape index (κ1) is 15.6. The molecule has 1 aromatic carbocycles. The molecule has 0 radical (unpaired) electrons. The zero-order valence-electron chi connectivity index (χ0n) is 9.83. The maximum atomic E-state index is 5.22. The molecule has 0 saturated heterocycles. The van der Waals surface area contributed by atoms with E-state index >= 15 is 0 Å². The fraction of sp³-hybridized carbons (Fsp3) is 0.500. The van der Waals surface area contributed by atoms with E-state index in [1.807, 2.05) is 64.2 Å². The van der Waals surface area contributed by atoms with Crippen LogP contribution in [0.2, 0.25) is 0 Å². The van der Waals surface area contributed by atoms with E-state index in [4.69, 9.17) is 5.73 Å². The van der Waals surface area contributed by atoms with Crippen LogP contribution in [0.25, 0.3) is 0 Å². The Kier molecular flexibility index (Phi) is 16.3. The van der Waals surface area contributed by atoms with E-state index in [9.17, 15) is 0 Å². The van der Waals surface area contributed by atoms with Gasteiger partial charge in [-0.25, -0.2) is 0 Å². The molecule has 1 rings (SSSR count). The normalized spacial score (nSPS) is 10.1. The predicted molar refractivity (Wildman–Crippen MR) is 65.4 cm³/mol. The molecule has 1 unspecified atom stereocenters. The molecule has 14 heavy (non-hydrogen) atoms. The van der Waals surface area contributed by atoms with Gasteiger partial charge in [-0.05, 0) is 14.0 Å². The number of likely N-dealkylation sites (N-methyl/N-ethyl adjacent to an activating group) is 1. The molecule has 0 amide bonds. The first-order chi connectivity index (χ1) is 6.81. The molecular formula is C12H24N2. The molecule has 0 saturated carbocycles. The number of benzene rings is 1. The van der Waals surface area contributed by atoms with Gasteiger partial charge in [0.25, 0.3) is 0 Å². The van der Waals surface area contributed by atoms with E-state index in [-0.39, 0.29) is 0 Å². The highest BCUT2D eigenvalue weighted by Crippen LogP contribution is 1.79. The van der Waals surface area contributed by atoms with E-state index in [2.05, 4.69) is 5.32 Å². The van der Waals surface area contributed by atoms with Gasteiger partial charge in [0, 0.05) is 12.6 Å². The summed E-state index contributed by atoms with van der Waals surface area (Å²) in [6.45, 7) is 6.76. The molecule has 2 heteroatoms. The van der Waals surface area contributed by atoms with E-state index in [1.54, 1.807) is 0 Å². The van der Waals surface area contributed by atoms with E-state index < -0.39 is 0 Å². The number of nitrogens with two attached hydrogens (primary N) is 1. The van der Waals surface area contributed by atoms with Crippen LogP contribution >= 0.6 is 0 Å². The minimum atomic E-state index is 0.463. The van der Waals surface area contributed by atoms with Gasteiger partial charge in [-0.1, -0.05) is 50.2 Å². The van der Waals surface area contributed by atoms with Crippen molar-refractivity contribution < 1.29 is 0 Å². The van der Waals surface area contributed by atoms with E-state index in [0.29, 0.717) is 6.04 Å². The lowest BCUT2D eigenvalue weighted by atomic mass is 10.4. The average molecular weight is 196 g/mol. The number of rotatable bonds is 2. The zero-order valence-corrected chi connectivity index (χ0v) is 9.83. The molecule has 1 aromatic rings. The standard InChI is InChI=1S/C6H6.C4H12N2.C2H6/c1-2-4-6-5-3-1;1-4(3-5)6-2;1-2/h1-6H;4,6H,3,5H2,1-2H3;1-2H3. The third-order valence-electron chi connectivity index (χ3n) is 1.51. The summed E-state index contributed by atoms with van der Waals surface area (Å²) in [5, 5.41) is 2.99. The van der Waals surface area contributed by atoms with Gasteiger partial charge in [0.2, 0.25) is 0 Å². The summed E-state index contributed by atoms with van der Waals surface area (Å²) in [7, 11) is 1.90. The summed E-state index contributed by atoms with van der Waals surface area (Å²) in [4.78, 5) is 0. The summed E-state index contributed by atoms with van der Waals surface area (Å²) in [6, 6.07) is 12.5. The first-order valence-electron chi connectivity index (χ1n) is 5.18. The quantitative estimate of drug-likeness (QED) is 0.761. The molecule has 0 bridgehead atoms. The second kappa shape index (κ2) is 14.7. The smallest absolute Gasteiger partial charge is 0.0158 e. The van der Waals surface area contributed by atoms with Crippen LogP contribution < -0.4 is 11.1 Å². The second-order valence-electron chi connectivity index (χ2n) is 2.58. The summed E-state index contributed by atoms with van der Waals surface area (Å²) >= 11 is 0. The maximum absolute atomic E-state index is 5.22. The third kappa shape index (κ3) is 13.7. The van der Waals surface area contributed by atoms with Crippen molar-refractivity contribution in [2.75, 3.05) is 13.6 Å². The molecule has 0 aliphatic heterocycles. The topological polar surface area (TPSA) is 38.0 Å². The van der Waals surface area contributed by atoms with Gasteiger partial charge in [-0.15, -0.1) is 0 Å². The van der Waals surface area contributed by atoms with Gasteiger partial charge in [0.05, 0.1) is 0 Å². The molecule has 3 N–H and O–H groups in total. The Morgan fingerprint density at radius 3 is 1.36 bits per heavy atom. The molecular weight excluding hydrogens is 172 g/mol. The Labute approximate surface area is 88.5 Å². The van der Waals surface area contributed by atoms with Gasteiger partial charge < -0.3 is 11.1 Å². The fourth-order valence-corrected chi connectivity index (χ4v) is 0.503. The number of hydrogen-bond donors (Lipinski definition) is 2. The molecule has 0 aromatic heterocycles. The van der Waals surface area contributed by atoms with Crippen molar-refractivity contribution in [3.63, 3.8) is 0 Å². The Bertz CT molecular complexity index is 133. The van der Waals surface area contributed by atoms with Crippen LogP contribution in [0.3, 0.4) is 0 Å². The monoisotopic (exact) mass is 196 g/mol. The van der Waals surface area contributed by atoms with Gasteiger partial charge in [-0.3, -0.25) is 0 Å². The van der Waals surface area contributed by atoms with Gasteiger partial charge in [0.15, 0.2) is 0 Å². The molecule has 0 aliphatic carbocycles. The van der Waals surface area contributed by atoms with Crippen LogP contribution in [0.15, 0.2) is 36.4 Å². The average Bonchev–Trinajstić information content (AvgIpc) is 2.33. The molecule has 82 valence electrons. The van der Waals surface area contributed by atoms with Crippen LogP contribution in [-0.2, 0) is 0 Å². The molecule has 2 nitrogen and oxygen atoms in total. The van der Waals surface area contributed by atoms with Crippen LogP contribution in [0.4, 0.5) is 0 Å². The van der Waals surface area contributed by atoms with Gasteiger partial charge >= 0.3 is 0 Å². The van der Waals surface area contributed by atoms with Crippen molar-refractivity contribution in [1.29, 1.82) is 0 Å². The highest BCUT2D eigenvalue weighted by atomic mass is 14.9. The van der Waals surface area contributed by atoms with Gasteiger partial charge in [-0.2, -0.15) is 0 Å². The molecule has 0 fully saturated rings. The van der Waals surface area contributed by atoms with Crippen molar-refractivity contribution in [2.45, 2.75) is 26.8 Å². The van der Waals surface area contributed by atoms with Crippen molar-refractivity contribution in [3.05, 3.63) is 36.4 Å². The number of nitrogens with one attached hydrogen (secondary N) is 1. The van der Waals surface area contributed by atoms with E-state index in [1.165, 1.54) is 0 Å². The maximum Gasteiger partial charge on any atom is 0.0158 e. The molecule has 0 heterocycles. The van der Waals surface area contributed by atoms with Crippen molar-refractivity contribution in [3.8, 4) is 0 Å². The predicted octanol–water partition coefficient (Wildman–Crippen LogP) is 2.27. The molecule has 0 aliphatic rings. The summed E-state index contributed by atoms with van der Waals surface area (Å²) in [5.74, 6) is 0. The largest absolute Gasteiger partial charge is 0.329 e. The fourth-order valence-electron chi connectivity index (χ4n) is 0.503. The van der Waals surface area contributed by atoms with E-state index in [0.717, 1.165) is 6.54 Å². The lowest BCUT2D eigenvalue weighted by Gasteiger charge is -2.02. The zero-order chi connectivity index (χ0) is 11.2. The molecule has 0 spiro atoms. The lowest BCUT2D eigenvalue weighted by Crippen LogP contribution is -2.29. The minimum Gasteiger partial charge on any atom is -0.329 e. The molecule has 1 atom stereocenters. The Morgan fingerprint density at radius 1 is 1.00 bits per heavy atom. The van der Waals surface area contributed by atoms with Crippen molar-refractivity contribution in [1.82, 2.24) is 5.32 Å². The van der Waals surface area contributed by atoms with Crippen molar-refractivity contribution in [2.24, 2.45) is 5.73 Å². The number of hydrogen-bond acceptors (Lipinski definition) is 2. The Morgan fingerprint density at radius 2 is 1.29 bits per heavy atom. The van der Waals surface area contributed by atoms with Crippen LogP contribution in [0.5, 0.6) is 0 Å². The van der Waals surface area contributed by atoms with Crippen LogP contribution in [0.1, 0.15) is 20.8 Å². The Balaban J connectivity index is 0. The highest BCUT2D eigenvalue weighted by molar-refractivity contribution is 4.99. The van der Waals surface area contributed by atoms with Crippen molar-refractivity contribution >= 4 is 0 Å². The van der Waals surface area contributed by atoms with Crippen LogP contribution in [-0.4, -0.2) is 19.6 Å². The summed E-state index contributed by atoms with van der Waals surface area (Å²) < 4.78 is 0. The second-order valence-corrected chi connectivity index (χ2v) is 2.58. The Hall–Kier alpha value is -0.860. The lowest BCUT2D eigenvalue weighted by molar-refractivity contribution is 0.621. The first-order valence-corrected chi connectivity index (χ1v) is 5.18. The van der Waals surface area contributed by atoms with Gasteiger partial charge in [0.1, 0.15) is 0 Å². The SMILES string of the molecule is CC.CNC(C)CN.c1ccccc1. The minimum absolute atomic E-state index is 0.463. The summed E-state index contributed by atoms with van der Waals surface area (Å²) in [5.41, 5.74) is 5.22. The summed E-state index contributed by atoms with van der Waals surface area (Å²) in [6.07, 6.45) is 0. The third-order valence-corrected chi connectivity index (χ3v) is 1.51.